The summed E-state index contributed by atoms with van der Waals surface area (Å²) in [4.78, 5) is 4.17. The molecule has 1 heterocycles. The molecule has 6 heteroatoms. The summed E-state index contributed by atoms with van der Waals surface area (Å²) >= 11 is 3.38. The van der Waals surface area contributed by atoms with Crippen LogP contribution in [0, 0.1) is 0 Å². The molecule has 19 heavy (non-hydrogen) atoms. The van der Waals surface area contributed by atoms with E-state index >= 15 is 0 Å². The van der Waals surface area contributed by atoms with E-state index in [1.807, 2.05) is 25.1 Å². The highest BCUT2D eigenvalue weighted by Crippen LogP contribution is 2.30. The van der Waals surface area contributed by atoms with Crippen LogP contribution in [-0.4, -0.2) is 27.0 Å². The standard InChI is InChI=1S/C13H16BrN3O2/c1-3-17-13(15-8-16-17)7-11(18)10-5-4-9(14)6-12(10)19-2/h4-6,8,11,18H,3,7H2,1-2H3. The molecule has 0 saturated heterocycles. The Kier molecular flexibility index (Phi) is 4.55. The smallest absolute Gasteiger partial charge is 0.138 e. The number of aliphatic hydroxyl groups excluding tert-OH is 1. The first kappa shape index (κ1) is 14.0. The molecule has 0 radical (unpaired) electrons. The van der Waals surface area contributed by atoms with Crippen LogP contribution in [0.25, 0.3) is 0 Å². The second kappa shape index (κ2) is 6.16. The molecule has 0 aliphatic heterocycles. The van der Waals surface area contributed by atoms with Gasteiger partial charge in [0.1, 0.15) is 17.9 Å². The minimum atomic E-state index is -0.669. The van der Waals surface area contributed by atoms with Gasteiger partial charge in [0, 0.05) is 23.0 Å². The van der Waals surface area contributed by atoms with E-state index in [1.54, 1.807) is 11.8 Å². The maximum absolute atomic E-state index is 10.3. The average Bonchev–Trinajstić information content (AvgIpc) is 2.85. The van der Waals surface area contributed by atoms with Crippen molar-refractivity contribution < 1.29 is 9.84 Å². The number of nitrogens with zero attached hydrogens (tertiary/aromatic N) is 3. The SMILES string of the molecule is CCn1ncnc1CC(O)c1ccc(Br)cc1OC. The number of aromatic nitrogens is 3. The largest absolute Gasteiger partial charge is 0.496 e. The molecule has 1 atom stereocenters. The Morgan fingerprint density at radius 1 is 1.47 bits per heavy atom. The van der Waals surface area contributed by atoms with Gasteiger partial charge < -0.3 is 9.84 Å². The predicted molar refractivity (Wildman–Crippen MR) is 75.1 cm³/mol. The van der Waals surface area contributed by atoms with Crippen LogP contribution in [0.5, 0.6) is 5.75 Å². The molecule has 1 unspecified atom stereocenters. The molecule has 1 aromatic heterocycles. The third-order valence-corrected chi connectivity index (χ3v) is 3.42. The lowest BCUT2D eigenvalue weighted by molar-refractivity contribution is 0.169. The van der Waals surface area contributed by atoms with Gasteiger partial charge in [-0.15, -0.1) is 0 Å². The van der Waals surface area contributed by atoms with Crippen molar-refractivity contribution in [3.05, 3.63) is 40.4 Å². The van der Waals surface area contributed by atoms with Crippen molar-refractivity contribution in [3.63, 3.8) is 0 Å². The molecule has 0 amide bonds. The van der Waals surface area contributed by atoms with Gasteiger partial charge in [-0.3, -0.25) is 4.68 Å². The number of hydrogen-bond acceptors (Lipinski definition) is 4. The highest BCUT2D eigenvalue weighted by Gasteiger charge is 2.17. The Balaban J connectivity index is 2.22. The molecular weight excluding hydrogens is 310 g/mol. The number of rotatable bonds is 5. The van der Waals surface area contributed by atoms with Crippen LogP contribution in [-0.2, 0) is 13.0 Å². The fourth-order valence-corrected chi connectivity index (χ4v) is 2.29. The van der Waals surface area contributed by atoms with Gasteiger partial charge in [0.25, 0.3) is 0 Å². The Morgan fingerprint density at radius 2 is 2.26 bits per heavy atom. The number of methoxy groups -OCH3 is 1. The first-order chi connectivity index (χ1) is 9.15. The molecule has 0 saturated carbocycles. The number of benzene rings is 1. The number of aryl methyl sites for hydroxylation is 1. The molecule has 0 bridgehead atoms. The average molecular weight is 326 g/mol. The van der Waals surface area contributed by atoms with E-state index in [0.717, 1.165) is 22.4 Å². The van der Waals surface area contributed by atoms with Crippen LogP contribution in [0.15, 0.2) is 29.0 Å². The van der Waals surface area contributed by atoms with E-state index in [2.05, 4.69) is 26.0 Å². The summed E-state index contributed by atoms with van der Waals surface area (Å²) in [5, 5.41) is 14.4. The molecule has 0 aliphatic rings. The van der Waals surface area contributed by atoms with Gasteiger partial charge in [-0.25, -0.2) is 4.98 Å². The third-order valence-electron chi connectivity index (χ3n) is 2.93. The van der Waals surface area contributed by atoms with Gasteiger partial charge in [-0.05, 0) is 19.1 Å². The summed E-state index contributed by atoms with van der Waals surface area (Å²) in [6.07, 6.45) is 1.24. The van der Waals surface area contributed by atoms with Crippen LogP contribution >= 0.6 is 15.9 Å². The molecule has 2 rings (SSSR count). The monoisotopic (exact) mass is 325 g/mol. The van der Waals surface area contributed by atoms with Gasteiger partial charge >= 0.3 is 0 Å². The Labute approximate surface area is 120 Å². The summed E-state index contributed by atoms with van der Waals surface area (Å²) in [5.41, 5.74) is 0.747. The molecule has 2 aromatic rings. The molecule has 0 fully saturated rings. The summed E-state index contributed by atoms with van der Waals surface area (Å²) in [6.45, 7) is 2.73. The second-order valence-corrected chi connectivity index (χ2v) is 5.01. The molecule has 102 valence electrons. The summed E-state index contributed by atoms with van der Waals surface area (Å²) in [5.74, 6) is 1.42. The van der Waals surface area contributed by atoms with E-state index in [4.69, 9.17) is 4.74 Å². The molecule has 5 nitrogen and oxygen atoms in total. The highest BCUT2D eigenvalue weighted by atomic mass is 79.9. The number of halogens is 1. The highest BCUT2D eigenvalue weighted by molar-refractivity contribution is 9.10. The zero-order valence-electron chi connectivity index (χ0n) is 10.9. The van der Waals surface area contributed by atoms with Crippen LogP contribution in [0.4, 0.5) is 0 Å². The van der Waals surface area contributed by atoms with Crippen molar-refractivity contribution in [1.82, 2.24) is 14.8 Å². The normalized spacial score (nSPS) is 12.4. The van der Waals surface area contributed by atoms with Gasteiger partial charge in [-0.1, -0.05) is 22.0 Å². The molecule has 1 N–H and O–H groups in total. The zero-order chi connectivity index (χ0) is 13.8. The van der Waals surface area contributed by atoms with Crippen molar-refractivity contribution >= 4 is 15.9 Å². The number of hydrogen-bond donors (Lipinski definition) is 1. The molecule has 1 aromatic carbocycles. The fourth-order valence-electron chi connectivity index (χ4n) is 1.95. The fraction of sp³-hybridized carbons (Fsp3) is 0.385. The van der Waals surface area contributed by atoms with E-state index in [-0.39, 0.29) is 0 Å². The van der Waals surface area contributed by atoms with Crippen molar-refractivity contribution in [2.75, 3.05) is 7.11 Å². The maximum atomic E-state index is 10.3. The quantitative estimate of drug-likeness (QED) is 0.916. The summed E-state index contributed by atoms with van der Waals surface area (Å²) in [7, 11) is 1.59. The maximum Gasteiger partial charge on any atom is 0.138 e. The van der Waals surface area contributed by atoms with Crippen LogP contribution < -0.4 is 4.74 Å². The van der Waals surface area contributed by atoms with Gasteiger partial charge in [0.05, 0.1) is 13.2 Å². The topological polar surface area (TPSA) is 60.2 Å². The first-order valence-corrected chi connectivity index (χ1v) is 6.83. The lowest BCUT2D eigenvalue weighted by Crippen LogP contribution is -2.10. The first-order valence-electron chi connectivity index (χ1n) is 6.04. The zero-order valence-corrected chi connectivity index (χ0v) is 12.5. The predicted octanol–water partition coefficient (Wildman–Crippen LogP) is 2.35. The van der Waals surface area contributed by atoms with E-state index in [9.17, 15) is 5.11 Å². The number of aliphatic hydroxyl groups is 1. The third kappa shape index (κ3) is 3.13. The molecular formula is C13H16BrN3O2. The van der Waals surface area contributed by atoms with Crippen LogP contribution in [0.1, 0.15) is 24.4 Å². The molecule has 0 spiro atoms. The Bertz CT molecular complexity index is 557. The van der Waals surface area contributed by atoms with Crippen molar-refractivity contribution in [3.8, 4) is 5.75 Å². The lowest BCUT2D eigenvalue weighted by atomic mass is 10.1. The molecule has 0 aliphatic carbocycles. The van der Waals surface area contributed by atoms with Crippen molar-refractivity contribution in [1.29, 1.82) is 0 Å². The Morgan fingerprint density at radius 3 is 2.95 bits per heavy atom. The van der Waals surface area contributed by atoms with Gasteiger partial charge in [0.2, 0.25) is 0 Å². The van der Waals surface area contributed by atoms with E-state index in [0.29, 0.717) is 12.2 Å². The summed E-state index contributed by atoms with van der Waals surface area (Å²) < 4.78 is 7.98. The van der Waals surface area contributed by atoms with Gasteiger partial charge in [0.15, 0.2) is 0 Å². The van der Waals surface area contributed by atoms with Crippen molar-refractivity contribution in [2.45, 2.75) is 26.0 Å². The summed E-state index contributed by atoms with van der Waals surface area (Å²) in [6, 6.07) is 5.56. The minimum absolute atomic E-state index is 0.409. The number of ether oxygens (including phenoxy) is 1. The van der Waals surface area contributed by atoms with Crippen LogP contribution in [0.3, 0.4) is 0 Å². The van der Waals surface area contributed by atoms with Gasteiger partial charge in [-0.2, -0.15) is 5.10 Å². The Hall–Kier alpha value is -1.40. The lowest BCUT2D eigenvalue weighted by Gasteiger charge is -2.15. The second-order valence-electron chi connectivity index (χ2n) is 4.10. The van der Waals surface area contributed by atoms with E-state index in [1.165, 1.54) is 6.33 Å². The van der Waals surface area contributed by atoms with Crippen LogP contribution in [0.2, 0.25) is 0 Å². The van der Waals surface area contributed by atoms with Crippen molar-refractivity contribution in [2.24, 2.45) is 0 Å². The minimum Gasteiger partial charge on any atom is -0.496 e. The van der Waals surface area contributed by atoms with E-state index < -0.39 is 6.10 Å².